The summed E-state index contributed by atoms with van der Waals surface area (Å²) < 4.78 is 35.2. The fraction of sp³-hybridized carbons (Fsp3) is 0.458. The third-order valence-corrected chi connectivity index (χ3v) is 5.42. The van der Waals surface area contributed by atoms with E-state index in [1.807, 2.05) is 23.1 Å². The van der Waals surface area contributed by atoms with Gasteiger partial charge < -0.3 is 9.53 Å². The number of hydrogen-bond acceptors (Lipinski definition) is 4. The van der Waals surface area contributed by atoms with Crippen LogP contribution in [0.4, 0.5) is 8.78 Å². The molecule has 0 radical (unpaired) electrons. The van der Waals surface area contributed by atoms with Crippen LogP contribution in [0.2, 0.25) is 0 Å². The number of ether oxygens (including phenoxy) is 1. The van der Waals surface area contributed by atoms with Gasteiger partial charge in [0.1, 0.15) is 11.9 Å². The van der Waals surface area contributed by atoms with Gasteiger partial charge in [-0.3, -0.25) is 10.2 Å². The van der Waals surface area contributed by atoms with Crippen LogP contribution in [0.5, 0.6) is 5.75 Å². The number of benzene rings is 2. The Kier molecular flexibility index (Phi) is 8.34. The van der Waals surface area contributed by atoms with Crippen molar-refractivity contribution in [3.63, 3.8) is 0 Å². The zero-order valence-electron chi connectivity index (χ0n) is 17.2. The molecular formula is C24H30F2N2O2. The Morgan fingerprint density at radius 2 is 1.83 bits per heavy atom. The van der Waals surface area contributed by atoms with Crippen LogP contribution in [-0.2, 0) is 17.1 Å². The van der Waals surface area contributed by atoms with Crippen LogP contribution >= 0.6 is 0 Å². The van der Waals surface area contributed by atoms with Gasteiger partial charge in [0.25, 0.3) is 5.92 Å². The largest absolute Gasteiger partial charge is 0.494 e. The Balaban J connectivity index is 1.50. The molecule has 4 nitrogen and oxygen atoms in total. The van der Waals surface area contributed by atoms with E-state index < -0.39 is 18.6 Å². The zero-order chi connectivity index (χ0) is 21.2. The molecule has 0 spiro atoms. The maximum atomic E-state index is 14.8. The second-order valence-corrected chi connectivity index (χ2v) is 7.73. The van der Waals surface area contributed by atoms with Crippen molar-refractivity contribution in [2.24, 2.45) is 0 Å². The number of likely N-dealkylation sites (tertiary alicyclic amines) is 1. The smallest absolute Gasteiger partial charge is 0.285 e. The fourth-order valence-corrected chi connectivity index (χ4v) is 3.72. The highest BCUT2D eigenvalue weighted by Crippen LogP contribution is 2.30. The summed E-state index contributed by atoms with van der Waals surface area (Å²) >= 11 is 0. The highest BCUT2D eigenvalue weighted by molar-refractivity contribution is 5.57. The molecular weight excluding hydrogens is 386 g/mol. The van der Waals surface area contributed by atoms with E-state index in [9.17, 15) is 13.6 Å². The van der Waals surface area contributed by atoms with Crippen molar-refractivity contribution < 1.29 is 18.3 Å². The molecule has 2 aromatic rings. The number of halogens is 2. The minimum Gasteiger partial charge on any atom is -0.494 e. The molecule has 1 unspecified atom stereocenters. The summed E-state index contributed by atoms with van der Waals surface area (Å²) in [7, 11) is 0. The molecule has 0 saturated carbocycles. The maximum Gasteiger partial charge on any atom is 0.285 e. The minimum absolute atomic E-state index is 0.112. The second-order valence-electron chi connectivity index (χ2n) is 7.73. The fourth-order valence-electron chi connectivity index (χ4n) is 3.72. The number of hydrogen-bond donors (Lipinski definition) is 1. The van der Waals surface area contributed by atoms with Crippen molar-refractivity contribution in [1.82, 2.24) is 10.2 Å². The summed E-state index contributed by atoms with van der Waals surface area (Å²) in [6.45, 7) is 1.39. The number of alkyl halides is 2. The van der Waals surface area contributed by atoms with Crippen LogP contribution in [0.25, 0.3) is 0 Å². The van der Waals surface area contributed by atoms with E-state index in [1.165, 1.54) is 17.7 Å². The maximum absolute atomic E-state index is 14.8. The molecule has 1 N–H and O–H groups in total. The Morgan fingerprint density at radius 3 is 2.57 bits per heavy atom. The number of rotatable bonds is 11. The van der Waals surface area contributed by atoms with Gasteiger partial charge in [0.2, 0.25) is 0 Å². The first kappa shape index (κ1) is 22.4. The van der Waals surface area contributed by atoms with Gasteiger partial charge in [-0.05, 0) is 43.4 Å². The first-order chi connectivity index (χ1) is 14.6. The van der Waals surface area contributed by atoms with Gasteiger partial charge in [0.05, 0.1) is 13.2 Å². The highest BCUT2D eigenvalue weighted by atomic mass is 19.3. The average Bonchev–Trinajstić information content (AvgIpc) is 2.79. The lowest BCUT2D eigenvalue weighted by molar-refractivity contribution is -0.114. The number of aryl methyl sites for hydroxylation is 1. The third kappa shape index (κ3) is 6.61. The van der Waals surface area contributed by atoms with Crippen molar-refractivity contribution in [2.75, 3.05) is 26.2 Å². The van der Waals surface area contributed by atoms with E-state index in [0.29, 0.717) is 18.6 Å². The van der Waals surface area contributed by atoms with E-state index in [0.717, 1.165) is 45.2 Å². The van der Waals surface area contributed by atoms with Gasteiger partial charge >= 0.3 is 0 Å². The second kappa shape index (κ2) is 11.2. The Hall–Kier alpha value is -2.31. The van der Waals surface area contributed by atoms with Crippen molar-refractivity contribution in [3.8, 4) is 5.75 Å². The summed E-state index contributed by atoms with van der Waals surface area (Å²) in [6.07, 6.45) is 4.84. The number of carbonyl (C=O) groups excluding carboxylic acids is 1. The average molecular weight is 417 g/mol. The predicted molar refractivity (Wildman–Crippen MR) is 114 cm³/mol. The molecule has 1 aliphatic rings. The molecule has 30 heavy (non-hydrogen) atoms. The Morgan fingerprint density at radius 1 is 1.07 bits per heavy atom. The van der Waals surface area contributed by atoms with Gasteiger partial charge in [-0.1, -0.05) is 48.9 Å². The summed E-state index contributed by atoms with van der Waals surface area (Å²) in [4.78, 5) is 13.3. The number of nitrogens with zero attached hydrogens (tertiary/aromatic N) is 1. The lowest BCUT2D eigenvalue weighted by atomic mass is 10.1. The van der Waals surface area contributed by atoms with E-state index in [2.05, 4.69) is 17.4 Å². The molecule has 1 aliphatic heterocycles. The third-order valence-electron chi connectivity index (χ3n) is 5.42. The van der Waals surface area contributed by atoms with Gasteiger partial charge in [0, 0.05) is 18.7 Å². The van der Waals surface area contributed by atoms with Crippen LogP contribution in [-0.4, -0.2) is 43.6 Å². The summed E-state index contributed by atoms with van der Waals surface area (Å²) in [5.41, 5.74) is 1.12. The minimum atomic E-state index is -3.10. The van der Waals surface area contributed by atoms with Gasteiger partial charge in [-0.15, -0.1) is 0 Å². The van der Waals surface area contributed by atoms with Crippen molar-refractivity contribution >= 4 is 6.29 Å². The van der Waals surface area contributed by atoms with E-state index in [4.69, 9.17) is 4.74 Å². The zero-order valence-corrected chi connectivity index (χ0v) is 17.2. The van der Waals surface area contributed by atoms with Crippen LogP contribution in [0, 0.1) is 0 Å². The molecule has 0 bridgehead atoms. The molecule has 1 fully saturated rings. The van der Waals surface area contributed by atoms with E-state index >= 15 is 0 Å². The number of nitrogens with one attached hydrogen (secondary N) is 1. The molecule has 0 aromatic heterocycles. The molecule has 1 heterocycles. The molecule has 1 saturated heterocycles. The number of piperidine rings is 1. The summed E-state index contributed by atoms with van der Waals surface area (Å²) in [5, 5.41) is 2.73. The number of carbonyl (C=O) groups is 1. The lowest BCUT2D eigenvalue weighted by Crippen LogP contribution is -2.51. The van der Waals surface area contributed by atoms with Gasteiger partial charge in [-0.25, -0.2) is 0 Å². The lowest BCUT2D eigenvalue weighted by Gasteiger charge is -2.32. The Bertz CT molecular complexity index is 780. The highest BCUT2D eigenvalue weighted by Gasteiger charge is 2.33. The topological polar surface area (TPSA) is 41.6 Å². The standard InChI is InChI=1S/C24H30F2N2O2/c25-24(26,19-27-23(18-29)28-14-5-2-6-15-28)21-12-7-13-22(17-21)30-16-8-11-20-9-3-1-4-10-20/h1,3-4,7,9-10,12-13,17-18,23,27H,2,5-6,8,11,14-16,19H2. The first-order valence-corrected chi connectivity index (χ1v) is 10.7. The molecule has 2 aromatic carbocycles. The van der Waals surface area contributed by atoms with Crippen LogP contribution in [0.15, 0.2) is 54.6 Å². The molecule has 6 heteroatoms. The van der Waals surface area contributed by atoms with Crippen molar-refractivity contribution in [2.45, 2.75) is 44.2 Å². The molecule has 3 rings (SSSR count). The predicted octanol–water partition coefficient (Wildman–Crippen LogP) is 4.39. The van der Waals surface area contributed by atoms with Crippen LogP contribution in [0.3, 0.4) is 0 Å². The van der Waals surface area contributed by atoms with Crippen LogP contribution < -0.4 is 10.1 Å². The monoisotopic (exact) mass is 416 g/mol. The van der Waals surface area contributed by atoms with E-state index in [-0.39, 0.29) is 5.56 Å². The van der Waals surface area contributed by atoms with Gasteiger partial charge in [0.15, 0.2) is 6.29 Å². The number of aldehydes is 1. The van der Waals surface area contributed by atoms with Crippen molar-refractivity contribution in [1.29, 1.82) is 0 Å². The normalized spacial score (nSPS) is 16.2. The first-order valence-electron chi connectivity index (χ1n) is 10.7. The summed E-state index contributed by atoms with van der Waals surface area (Å²) in [5.74, 6) is -2.66. The molecule has 0 aliphatic carbocycles. The molecule has 1 atom stereocenters. The molecule has 162 valence electrons. The van der Waals surface area contributed by atoms with Crippen molar-refractivity contribution in [3.05, 3.63) is 65.7 Å². The summed E-state index contributed by atoms with van der Waals surface area (Å²) in [6, 6.07) is 16.2. The SMILES string of the molecule is O=CC(NCC(F)(F)c1cccc(OCCCc2ccccc2)c1)N1CCCCC1. The Labute approximate surface area is 177 Å². The van der Waals surface area contributed by atoms with Crippen LogP contribution in [0.1, 0.15) is 36.8 Å². The van der Waals surface area contributed by atoms with Gasteiger partial charge in [-0.2, -0.15) is 8.78 Å². The quantitative estimate of drug-likeness (QED) is 0.436. The van der Waals surface area contributed by atoms with E-state index in [1.54, 1.807) is 12.1 Å². The molecule has 0 amide bonds.